The minimum absolute atomic E-state index is 0.255. The number of hydrogen-bond donors (Lipinski definition) is 0. The summed E-state index contributed by atoms with van der Waals surface area (Å²) in [7, 11) is 0. The predicted octanol–water partition coefficient (Wildman–Crippen LogP) is 2.13. The molecule has 1 heterocycles. The molecule has 1 aliphatic rings. The number of alkyl halides is 1. The second-order valence-corrected chi connectivity index (χ2v) is 5.41. The lowest BCUT2D eigenvalue weighted by atomic mass is 10.3. The van der Waals surface area contributed by atoms with E-state index in [0.717, 1.165) is 0 Å². The molecule has 2 rings (SSSR count). The molecule has 0 fully saturated rings. The maximum atomic E-state index is 5.97. The Balaban J connectivity index is 1.90. The number of rotatable bonds is 1. The van der Waals surface area contributed by atoms with Crippen LogP contribution in [0.3, 0.4) is 0 Å². The largest absolute Gasteiger partial charge is 0.487 e. The summed E-state index contributed by atoms with van der Waals surface area (Å²) in [5, 5.41) is 0. The van der Waals surface area contributed by atoms with Gasteiger partial charge in [-0.3, -0.25) is 0 Å². The summed E-state index contributed by atoms with van der Waals surface area (Å²) in [5.74, 6) is 1.64. The maximum Gasteiger partial charge on any atom is 0.161 e. The topological polar surface area (TPSA) is 55.4 Å². The van der Waals surface area contributed by atoms with Gasteiger partial charge in [-0.05, 0) is 12.1 Å². The van der Waals surface area contributed by atoms with E-state index in [1.807, 2.05) is 24.3 Å². The highest BCUT2D eigenvalue weighted by atomic mass is 35.5. The van der Waals surface area contributed by atoms with Crippen LogP contribution >= 0.6 is 11.6 Å². The van der Waals surface area contributed by atoms with E-state index in [9.17, 15) is 0 Å². The number of benzene rings is 1. The molecule has 0 aliphatic carbocycles. The van der Waals surface area contributed by atoms with E-state index in [-0.39, 0.29) is 6.10 Å². The predicted molar refractivity (Wildman–Crippen MR) is 90.3 cm³/mol. The van der Waals surface area contributed by atoms with Crippen molar-refractivity contribution in [2.75, 3.05) is 65.3 Å². The van der Waals surface area contributed by atoms with Crippen LogP contribution in [-0.2, 0) is 18.9 Å². The van der Waals surface area contributed by atoms with Crippen LogP contribution in [0.25, 0.3) is 0 Å². The molecule has 136 valence electrons. The first kappa shape index (κ1) is 19.3. The zero-order chi connectivity index (χ0) is 16.9. The standard InChI is InChI=1S/C17H25ClO6/c18-13-15-14-22-10-9-20-6-5-19-7-8-21-11-12-23-16-3-1-2-4-17(16)24-15/h1-4,15H,5-14H2. The van der Waals surface area contributed by atoms with Crippen molar-refractivity contribution in [3.8, 4) is 11.5 Å². The molecule has 1 aromatic carbocycles. The van der Waals surface area contributed by atoms with Gasteiger partial charge in [-0.15, -0.1) is 11.6 Å². The highest BCUT2D eigenvalue weighted by Crippen LogP contribution is 2.27. The fourth-order valence-corrected chi connectivity index (χ4v) is 2.19. The van der Waals surface area contributed by atoms with Crippen LogP contribution in [-0.4, -0.2) is 71.4 Å². The fourth-order valence-electron chi connectivity index (χ4n) is 2.04. The number of fused-ring (bicyclic) bond motifs is 1. The SMILES string of the molecule is ClCC1COCCOCCOCCOCCOc2ccccc2O1. The molecular formula is C17H25ClO6. The zero-order valence-electron chi connectivity index (χ0n) is 13.8. The van der Waals surface area contributed by atoms with Crippen LogP contribution in [0.5, 0.6) is 11.5 Å². The van der Waals surface area contributed by atoms with E-state index in [4.69, 9.17) is 40.0 Å². The van der Waals surface area contributed by atoms with Crippen LogP contribution in [0.4, 0.5) is 0 Å². The van der Waals surface area contributed by atoms with Crippen molar-refractivity contribution < 1.29 is 28.4 Å². The Labute approximate surface area is 147 Å². The Morgan fingerprint density at radius 3 is 1.92 bits per heavy atom. The highest BCUT2D eigenvalue weighted by molar-refractivity contribution is 6.18. The Hall–Kier alpha value is -1.05. The maximum absolute atomic E-state index is 5.97. The lowest BCUT2D eigenvalue weighted by molar-refractivity contribution is -0.0148. The molecule has 0 radical (unpaired) electrons. The summed E-state index contributed by atoms with van der Waals surface area (Å²) in [6, 6.07) is 7.50. The molecule has 0 saturated carbocycles. The average molecular weight is 361 g/mol. The van der Waals surface area contributed by atoms with Gasteiger partial charge in [-0.1, -0.05) is 12.1 Å². The van der Waals surface area contributed by atoms with Crippen LogP contribution in [0, 0.1) is 0 Å². The summed E-state index contributed by atoms with van der Waals surface area (Å²) in [4.78, 5) is 0. The van der Waals surface area contributed by atoms with Gasteiger partial charge in [-0.2, -0.15) is 0 Å². The smallest absolute Gasteiger partial charge is 0.161 e. The van der Waals surface area contributed by atoms with Gasteiger partial charge in [-0.25, -0.2) is 0 Å². The molecule has 24 heavy (non-hydrogen) atoms. The van der Waals surface area contributed by atoms with Crippen molar-refractivity contribution in [1.82, 2.24) is 0 Å². The molecule has 1 aromatic rings. The fraction of sp³-hybridized carbons (Fsp3) is 0.647. The Kier molecular flexibility index (Phi) is 9.91. The monoisotopic (exact) mass is 360 g/mol. The zero-order valence-corrected chi connectivity index (χ0v) is 14.5. The van der Waals surface area contributed by atoms with E-state index in [1.165, 1.54) is 0 Å². The van der Waals surface area contributed by atoms with Gasteiger partial charge >= 0.3 is 0 Å². The van der Waals surface area contributed by atoms with Crippen molar-refractivity contribution in [3.63, 3.8) is 0 Å². The van der Waals surface area contributed by atoms with Gasteiger partial charge in [0.2, 0.25) is 0 Å². The van der Waals surface area contributed by atoms with Crippen LogP contribution in [0.2, 0.25) is 0 Å². The second kappa shape index (κ2) is 12.3. The van der Waals surface area contributed by atoms with E-state index in [0.29, 0.717) is 76.8 Å². The third-order valence-electron chi connectivity index (χ3n) is 3.22. The van der Waals surface area contributed by atoms with Gasteiger partial charge in [0.05, 0.1) is 58.7 Å². The van der Waals surface area contributed by atoms with Crippen molar-refractivity contribution in [2.45, 2.75) is 6.10 Å². The Morgan fingerprint density at radius 1 is 0.750 bits per heavy atom. The van der Waals surface area contributed by atoms with Crippen LogP contribution in [0.1, 0.15) is 0 Å². The Morgan fingerprint density at radius 2 is 1.29 bits per heavy atom. The minimum atomic E-state index is -0.255. The molecule has 6 nitrogen and oxygen atoms in total. The Bertz CT molecular complexity index is 445. The third kappa shape index (κ3) is 7.68. The summed E-state index contributed by atoms with van der Waals surface area (Å²) >= 11 is 5.97. The summed E-state index contributed by atoms with van der Waals surface area (Å²) < 4.78 is 33.5. The number of halogens is 1. The van der Waals surface area contributed by atoms with Crippen molar-refractivity contribution in [1.29, 1.82) is 0 Å². The molecule has 0 aromatic heterocycles. The molecule has 0 bridgehead atoms. The van der Waals surface area contributed by atoms with Gasteiger partial charge in [0, 0.05) is 0 Å². The molecule has 0 amide bonds. The summed E-state index contributed by atoms with van der Waals surface area (Å²) in [6.45, 7) is 4.45. The molecule has 1 aliphatic heterocycles. The molecule has 0 spiro atoms. The van der Waals surface area contributed by atoms with Crippen LogP contribution in [0.15, 0.2) is 24.3 Å². The minimum Gasteiger partial charge on any atom is -0.487 e. The van der Waals surface area contributed by atoms with E-state index < -0.39 is 0 Å². The van der Waals surface area contributed by atoms with E-state index >= 15 is 0 Å². The highest BCUT2D eigenvalue weighted by Gasteiger charge is 2.13. The summed E-state index contributed by atoms with van der Waals surface area (Å²) in [5.41, 5.74) is 0. The number of ether oxygens (including phenoxy) is 6. The van der Waals surface area contributed by atoms with E-state index in [1.54, 1.807) is 0 Å². The lowest BCUT2D eigenvalue weighted by Gasteiger charge is -2.19. The second-order valence-electron chi connectivity index (χ2n) is 5.10. The van der Waals surface area contributed by atoms with Crippen molar-refractivity contribution in [3.05, 3.63) is 24.3 Å². The van der Waals surface area contributed by atoms with Crippen molar-refractivity contribution >= 4 is 11.6 Å². The number of hydrogen-bond acceptors (Lipinski definition) is 6. The normalized spacial score (nSPS) is 22.3. The number of para-hydroxylation sites is 2. The molecule has 0 N–H and O–H groups in total. The van der Waals surface area contributed by atoms with Gasteiger partial charge in [0.1, 0.15) is 12.7 Å². The molecule has 0 saturated heterocycles. The average Bonchev–Trinajstić information content (AvgIpc) is 2.61. The van der Waals surface area contributed by atoms with E-state index in [2.05, 4.69) is 0 Å². The lowest BCUT2D eigenvalue weighted by Crippen LogP contribution is -2.26. The van der Waals surface area contributed by atoms with Gasteiger partial charge < -0.3 is 28.4 Å². The van der Waals surface area contributed by atoms with Crippen molar-refractivity contribution in [2.24, 2.45) is 0 Å². The third-order valence-corrected chi connectivity index (χ3v) is 3.56. The van der Waals surface area contributed by atoms with Gasteiger partial charge in [0.15, 0.2) is 11.5 Å². The molecule has 7 heteroatoms. The first-order chi connectivity index (χ1) is 11.9. The van der Waals surface area contributed by atoms with Crippen LogP contribution < -0.4 is 9.47 Å². The first-order valence-electron chi connectivity index (χ1n) is 8.15. The quantitative estimate of drug-likeness (QED) is 0.715. The molecule has 1 unspecified atom stereocenters. The molecule has 1 atom stereocenters. The molecular weight excluding hydrogens is 336 g/mol. The summed E-state index contributed by atoms with van der Waals surface area (Å²) in [6.07, 6.45) is -0.255. The first-order valence-corrected chi connectivity index (χ1v) is 8.69. The van der Waals surface area contributed by atoms with Gasteiger partial charge in [0.25, 0.3) is 0 Å².